The van der Waals surface area contributed by atoms with Gasteiger partial charge >= 0.3 is 0 Å². The number of aromatic hydroxyl groups is 1. The molecule has 3 nitrogen and oxygen atoms in total. The first-order chi connectivity index (χ1) is 14.2. The molecule has 0 saturated heterocycles. The first kappa shape index (κ1) is 23.8. The molecule has 0 aliphatic carbocycles. The van der Waals surface area contributed by atoms with E-state index in [1.807, 2.05) is 49.5 Å². The second-order valence-corrected chi connectivity index (χ2v) is 7.06. The standard InChI is InChI=1S/C25H26ClNO2.ClH/c1-27-17-18-29-23-13-9-21(10-14-23)25(20-7-11-22(28)12-8-20)24(15-16-26)19-5-3-2-4-6-19;/h2-14,27-28H,15-18H2,1H3;1H/b25-24-;. The predicted octanol–water partition coefficient (Wildman–Crippen LogP) is 6.00. The highest BCUT2D eigenvalue weighted by molar-refractivity contribution is 6.18. The van der Waals surface area contributed by atoms with Crippen LogP contribution in [0.3, 0.4) is 0 Å². The third kappa shape index (κ3) is 6.27. The monoisotopic (exact) mass is 443 g/mol. The minimum Gasteiger partial charge on any atom is -0.508 e. The van der Waals surface area contributed by atoms with E-state index in [0.29, 0.717) is 12.5 Å². The highest BCUT2D eigenvalue weighted by atomic mass is 35.5. The number of ether oxygens (including phenoxy) is 1. The number of benzene rings is 3. The SMILES string of the molecule is CNCCOc1ccc(/C(=C(/CCCl)c2ccccc2)c2ccc(O)cc2)cc1.Cl. The lowest BCUT2D eigenvalue weighted by atomic mass is 9.88. The van der Waals surface area contributed by atoms with E-state index in [1.165, 1.54) is 5.57 Å². The molecule has 158 valence electrons. The number of rotatable bonds is 9. The molecule has 0 aliphatic rings. The lowest BCUT2D eigenvalue weighted by Crippen LogP contribution is -2.15. The fourth-order valence-electron chi connectivity index (χ4n) is 3.28. The number of nitrogens with one attached hydrogen (secondary N) is 1. The summed E-state index contributed by atoms with van der Waals surface area (Å²) in [6.07, 6.45) is 0.738. The van der Waals surface area contributed by atoms with Crippen LogP contribution in [0.2, 0.25) is 0 Å². The molecule has 5 heteroatoms. The van der Waals surface area contributed by atoms with Crippen LogP contribution in [0.4, 0.5) is 0 Å². The normalized spacial score (nSPS) is 11.4. The molecule has 0 saturated carbocycles. The van der Waals surface area contributed by atoms with Gasteiger partial charge in [0.1, 0.15) is 18.1 Å². The molecule has 3 rings (SSSR count). The number of hydrogen-bond donors (Lipinski definition) is 2. The van der Waals surface area contributed by atoms with E-state index in [0.717, 1.165) is 41.0 Å². The fraction of sp³-hybridized carbons (Fsp3) is 0.200. The number of likely N-dealkylation sites (N-methyl/N-ethyl adjacent to an activating group) is 1. The van der Waals surface area contributed by atoms with Crippen LogP contribution in [-0.2, 0) is 0 Å². The molecule has 0 radical (unpaired) electrons. The quantitative estimate of drug-likeness (QED) is 0.242. The van der Waals surface area contributed by atoms with Gasteiger partial charge in [-0.2, -0.15) is 0 Å². The zero-order chi connectivity index (χ0) is 20.5. The topological polar surface area (TPSA) is 41.5 Å². The molecule has 3 aromatic carbocycles. The second-order valence-electron chi connectivity index (χ2n) is 6.68. The zero-order valence-corrected chi connectivity index (χ0v) is 18.5. The molecule has 0 heterocycles. The van der Waals surface area contributed by atoms with Crippen molar-refractivity contribution in [1.82, 2.24) is 5.32 Å². The molecule has 0 fully saturated rings. The van der Waals surface area contributed by atoms with Crippen LogP contribution in [0, 0.1) is 0 Å². The fourth-order valence-corrected chi connectivity index (χ4v) is 3.47. The Kier molecular flexibility index (Phi) is 9.75. The summed E-state index contributed by atoms with van der Waals surface area (Å²) in [5.41, 5.74) is 5.55. The summed E-state index contributed by atoms with van der Waals surface area (Å²) in [5.74, 6) is 1.62. The van der Waals surface area contributed by atoms with Crippen molar-refractivity contribution in [1.29, 1.82) is 0 Å². The molecule has 0 amide bonds. The molecule has 0 atom stereocenters. The Morgan fingerprint density at radius 2 is 1.47 bits per heavy atom. The van der Waals surface area contributed by atoms with E-state index >= 15 is 0 Å². The summed E-state index contributed by atoms with van der Waals surface area (Å²) in [6.45, 7) is 1.42. The van der Waals surface area contributed by atoms with Gasteiger partial charge in [0, 0.05) is 12.4 Å². The van der Waals surface area contributed by atoms with Gasteiger partial charge in [-0.1, -0.05) is 54.6 Å². The maximum absolute atomic E-state index is 9.75. The summed E-state index contributed by atoms with van der Waals surface area (Å²) in [7, 11) is 1.91. The van der Waals surface area contributed by atoms with Crippen LogP contribution >= 0.6 is 24.0 Å². The van der Waals surface area contributed by atoms with E-state index < -0.39 is 0 Å². The van der Waals surface area contributed by atoms with Gasteiger partial charge in [-0.15, -0.1) is 24.0 Å². The van der Waals surface area contributed by atoms with Crippen molar-refractivity contribution in [2.45, 2.75) is 6.42 Å². The molecule has 3 aromatic rings. The van der Waals surface area contributed by atoms with Crippen LogP contribution in [0.1, 0.15) is 23.1 Å². The molecule has 30 heavy (non-hydrogen) atoms. The molecule has 0 aliphatic heterocycles. The Balaban J connectivity index is 0.00000320. The highest BCUT2D eigenvalue weighted by Gasteiger charge is 2.14. The van der Waals surface area contributed by atoms with E-state index in [9.17, 15) is 5.11 Å². The number of phenols is 1. The summed E-state index contributed by atoms with van der Waals surface area (Å²) in [5, 5.41) is 12.8. The van der Waals surface area contributed by atoms with Crippen molar-refractivity contribution in [3.8, 4) is 11.5 Å². The van der Waals surface area contributed by atoms with Gasteiger partial charge in [-0.05, 0) is 65.6 Å². The Morgan fingerprint density at radius 3 is 2.03 bits per heavy atom. The third-order valence-corrected chi connectivity index (χ3v) is 4.88. The maximum Gasteiger partial charge on any atom is 0.119 e. The van der Waals surface area contributed by atoms with Gasteiger partial charge < -0.3 is 15.2 Å². The predicted molar refractivity (Wildman–Crippen MR) is 129 cm³/mol. The Morgan fingerprint density at radius 1 is 0.867 bits per heavy atom. The lowest BCUT2D eigenvalue weighted by Gasteiger charge is -2.17. The molecular formula is C25H27Cl2NO2. The third-order valence-electron chi connectivity index (χ3n) is 4.69. The second kappa shape index (κ2) is 12.3. The van der Waals surface area contributed by atoms with Crippen molar-refractivity contribution in [3.05, 3.63) is 95.6 Å². The lowest BCUT2D eigenvalue weighted by molar-refractivity contribution is 0.318. The average molecular weight is 444 g/mol. The van der Waals surface area contributed by atoms with Crippen LogP contribution in [-0.4, -0.2) is 31.2 Å². The van der Waals surface area contributed by atoms with Gasteiger partial charge in [0.15, 0.2) is 0 Å². The molecule has 0 unspecified atom stereocenters. The van der Waals surface area contributed by atoms with Crippen LogP contribution in [0.25, 0.3) is 11.1 Å². The minimum absolute atomic E-state index is 0. The van der Waals surface area contributed by atoms with Crippen molar-refractivity contribution in [3.63, 3.8) is 0 Å². The summed E-state index contributed by atoms with van der Waals surface area (Å²) >= 11 is 6.19. The summed E-state index contributed by atoms with van der Waals surface area (Å²) in [4.78, 5) is 0. The number of hydrogen-bond acceptors (Lipinski definition) is 3. The largest absolute Gasteiger partial charge is 0.508 e. The van der Waals surface area contributed by atoms with Gasteiger partial charge in [0.05, 0.1) is 0 Å². The zero-order valence-electron chi connectivity index (χ0n) is 17.0. The van der Waals surface area contributed by atoms with Gasteiger partial charge in [0.25, 0.3) is 0 Å². The maximum atomic E-state index is 9.75. The number of phenolic OH excluding ortho intramolecular Hbond substituents is 1. The average Bonchev–Trinajstić information content (AvgIpc) is 2.76. The molecule has 2 N–H and O–H groups in total. The molecule has 0 bridgehead atoms. The Labute approximate surface area is 189 Å². The van der Waals surface area contributed by atoms with Crippen LogP contribution < -0.4 is 10.1 Å². The van der Waals surface area contributed by atoms with E-state index in [-0.39, 0.29) is 18.2 Å². The Hall–Kier alpha value is -2.46. The number of allylic oxidation sites excluding steroid dienone is 1. The van der Waals surface area contributed by atoms with E-state index in [4.69, 9.17) is 16.3 Å². The number of halogens is 2. The van der Waals surface area contributed by atoms with Crippen LogP contribution in [0.15, 0.2) is 78.9 Å². The summed E-state index contributed by atoms with van der Waals surface area (Å²) < 4.78 is 5.76. The highest BCUT2D eigenvalue weighted by Crippen LogP contribution is 2.35. The molecular weight excluding hydrogens is 417 g/mol. The Bertz CT molecular complexity index is 924. The first-order valence-electron chi connectivity index (χ1n) is 9.74. The van der Waals surface area contributed by atoms with Crippen molar-refractivity contribution in [2.75, 3.05) is 26.1 Å². The summed E-state index contributed by atoms with van der Waals surface area (Å²) in [6, 6.07) is 25.8. The number of alkyl halides is 1. The molecule has 0 aromatic heterocycles. The van der Waals surface area contributed by atoms with Gasteiger partial charge in [-0.25, -0.2) is 0 Å². The van der Waals surface area contributed by atoms with Gasteiger partial charge in [-0.3, -0.25) is 0 Å². The minimum atomic E-state index is 0. The van der Waals surface area contributed by atoms with Crippen LogP contribution in [0.5, 0.6) is 11.5 Å². The molecule has 0 spiro atoms. The first-order valence-corrected chi connectivity index (χ1v) is 10.3. The van der Waals surface area contributed by atoms with Gasteiger partial charge in [0.2, 0.25) is 0 Å². The van der Waals surface area contributed by atoms with Crippen molar-refractivity contribution in [2.24, 2.45) is 0 Å². The van der Waals surface area contributed by atoms with E-state index in [1.54, 1.807) is 12.1 Å². The van der Waals surface area contributed by atoms with E-state index in [2.05, 4.69) is 29.6 Å². The van der Waals surface area contributed by atoms with Crippen molar-refractivity contribution < 1.29 is 9.84 Å². The smallest absolute Gasteiger partial charge is 0.119 e. The van der Waals surface area contributed by atoms with Crippen molar-refractivity contribution >= 4 is 35.2 Å².